The Balaban J connectivity index is 2.11. The molecule has 0 saturated heterocycles. The lowest BCUT2D eigenvalue weighted by Crippen LogP contribution is -2.07. The maximum atomic E-state index is 11.5. The van der Waals surface area contributed by atoms with Crippen molar-refractivity contribution < 1.29 is 23.1 Å². The molecule has 0 spiro atoms. The second-order valence-electron chi connectivity index (χ2n) is 3.61. The van der Waals surface area contributed by atoms with Gasteiger partial charge in [0, 0.05) is 5.02 Å². The SMILES string of the molecule is O=C(O)C1=NS(=O)(=O)C(COc2ccc(Cl)cc2)=C1. The first-order chi connectivity index (χ1) is 8.88. The van der Waals surface area contributed by atoms with Crippen LogP contribution in [0.3, 0.4) is 0 Å². The quantitative estimate of drug-likeness (QED) is 0.909. The second-order valence-corrected chi connectivity index (χ2v) is 5.70. The van der Waals surface area contributed by atoms with Crippen molar-refractivity contribution in [3.8, 4) is 5.75 Å². The van der Waals surface area contributed by atoms with Crippen molar-refractivity contribution in [2.24, 2.45) is 4.40 Å². The van der Waals surface area contributed by atoms with Crippen molar-refractivity contribution in [2.45, 2.75) is 0 Å². The number of carbonyl (C=O) groups is 1. The summed E-state index contributed by atoms with van der Waals surface area (Å²) < 4.78 is 31.4. The smallest absolute Gasteiger partial charge is 0.355 e. The first kappa shape index (κ1) is 13.6. The molecule has 1 N–H and O–H groups in total. The van der Waals surface area contributed by atoms with Gasteiger partial charge < -0.3 is 9.84 Å². The molecule has 0 atom stereocenters. The fourth-order valence-corrected chi connectivity index (χ4v) is 2.45. The van der Waals surface area contributed by atoms with Crippen LogP contribution in [-0.2, 0) is 14.8 Å². The summed E-state index contributed by atoms with van der Waals surface area (Å²) in [7, 11) is -3.94. The van der Waals surface area contributed by atoms with Crippen LogP contribution in [0.4, 0.5) is 0 Å². The summed E-state index contributed by atoms with van der Waals surface area (Å²) in [5, 5.41) is 9.21. The summed E-state index contributed by atoms with van der Waals surface area (Å²) in [6.07, 6.45) is 0.980. The zero-order valence-corrected chi connectivity index (χ0v) is 11.0. The highest BCUT2D eigenvalue weighted by atomic mass is 35.5. The Kier molecular flexibility index (Phi) is 3.59. The van der Waals surface area contributed by atoms with Crippen molar-refractivity contribution in [1.82, 2.24) is 0 Å². The molecule has 1 heterocycles. The zero-order valence-electron chi connectivity index (χ0n) is 9.41. The number of carboxylic acid groups (broad SMARTS) is 1. The number of carboxylic acids is 1. The van der Waals surface area contributed by atoms with Gasteiger partial charge in [-0.25, -0.2) is 4.79 Å². The predicted octanol–water partition coefficient (Wildman–Crippen LogP) is 1.47. The van der Waals surface area contributed by atoms with Crippen molar-refractivity contribution in [3.63, 3.8) is 0 Å². The molecule has 19 heavy (non-hydrogen) atoms. The number of halogens is 1. The number of aliphatic carboxylic acids is 1. The highest BCUT2D eigenvalue weighted by molar-refractivity contribution is 7.94. The third-order valence-corrected chi connectivity index (χ3v) is 3.85. The number of hydrogen-bond acceptors (Lipinski definition) is 4. The van der Waals surface area contributed by atoms with Crippen LogP contribution >= 0.6 is 11.6 Å². The highest BCUT2D eigenvalue weighted by Crippen LogP contribution is 2.20. The summed E-state index contributed by atoms with van der Waals surface area (Å²) >= 11 is 5.69. The van der Waals surface area contributed by atoms with Gasteiger partial charge in [0.1, 0.15) is 17.3 Å². The van der Waals surface area contributed by atoms with Crippen molar-refractivity contribution in [1.29, 1.82) is 0 Å². The summed E-state index contributed by atoms with van der Waals surface area (Å²) in [5.74, 6) is -0.977. The molecular weight excluding hydrogens is 294 g/mol. The summed E-state index contributed by atoms with van der Waals surface area (Å²) in [6.45, 7) is -0.287. The number of nitrogens with zero attached hydrogens (tertiary/aromatic N) is 1. The molecule has 100 valence electrons. The van der Waals surface area contributed by atoms with E-state index in [4.69, 9.17) is 21.4 Å². The van der Waals surface area contributed by atoms with Crippen LogP contribution in [0.1, 0.15) is 0 Å². The molecule has 2 rings (SSSR count). The van der Waals surface area contributed by atoms with E-state index in [1.807, 2.05) is 0 Å². The van der Waals surface area contributed by atoms with Crippen molar-refractivity contribution in [3.05, 3.63) is 40.3 Å². The number of hydrogen-bond donors (Lipinski definition) is 1. The minimum atomic E-state index is -3.94. The normalized spacial score (nSPS) is 16.7. The third-order valence-electron chi connectivity index (χ3n) is 2.26. The molecule has 0 aromatic heterocycles. The predicted molar refractivity (Wildman–Crippen MR) is 69.0 cm³/mol. The summed E-state index contributed by atoms with van der Waals surface area (Å²) in [5.41, 5.74) is -0.519. The van der Waals surface area contributed by atoms with Gasteiger partial charge in [-0.3, -0.25) is 0 Å². The van der Waals surface area contributed by atoms with Gasteiger partial charge in [0.2, 0.25) is 0 Å². The summed E-state index contributed by atoms with van der Waals surface area (Å²) in [6, 6.07) is 6.33. The van der Waals surface area contributed by atoms with Crippen LogP contribution in [0.5, 0.6) is 5.75 Å². The third kappa shape index (κ3) is 3.12. The van der Waals surface area contributed by atoms with Crippen LogP contribution in [0.15, 0.2) is 39.6 Å². The Labute approximate surface area is 114 Å². The Hall–Kier alpha value is -1.86. The minimum absolute atomic E-state index is 0.195. The van der Waals surface area contributed by atoms with E-state index in [0.717, 1.165) is 6.08 Å². The van der Waals surface area contributed by atoms with Crippen LogP contribution < -0.4 is 4.74 Å². The highest BCUT2D eigenvalue weighted by Gasteiger charge is 2.28. The molecule has 1 aromatic rings. The van der Waals surface area contributed by atoms with Gasteiger partial charge in [0.05, 0.1) is 0 Å². The molecule has 6 nitrogen and oxygen atoms in total. The average Bonchev–Trinajstić information content (AvgIpc) is 2.64. The van der Waals surface area contributed by atoms with Crippen LogP contribution in [-0.4, -0.2) is 31.8 Å². The minimum Gasteiger partial charge on any atom is -0.488 e. The maximum Gasteiger partial charge on any atom is 0.355 e. The van der Waals surface area contributed by atoms with E-state index in [-0.39, 0.29) is 11.5 Å². The average molecular weight is 302 g/mol. The van der Waals surface area contributed by atoms with Crippen molar-refractivity contribution >= 4 is 33.3 Å². The molecule has 0 fully saturated rings. The molecule has 1 aromatic carbocycles. The van der Waals surface area contributed by atoms with Gasteiger partial charge in [-0.15, -0.1) is 0 Å². The molecule has 0 bridgehead atoms. The van der Waals surface area contributed by atoms with Gasteiger partial charge in [-0.1, -0.05) is 11.6 Å². The van der Waals surface area contributed by atoms with Crippen LogP contribution in [0.25, 0.3) is 0 Å². The second kappa shape index (κ2) is 5.02. The molecule has 0 radical (unpaired) electrons. The van der Waals surface area contributed by atoms with E-state index in [0.29, 0.717) is 10.8 Å². The Morgan fingerprint density at radius 2 is 1.95 bits per heavy atom. The number of sulfonamides is 1. The molecule has 0 amide bonds. The van der Waals surface area contributed by atoms with Gasteiger partial charge in [-0.2, -0.15) is 12.8 Å². The van der Waals surface area contributed by atoms with E-state index >= 15 is 0 Å². The van der Waals surface area contributed by atoms with E-state index in [2.05, 4.69) is 4.40 Å². The van der Waals surface area contributed by atoms with E-state index in [9.17, 15) is 13.2 Å². The fraction of sp³-hybridized carbons (Fsp3) is 0.0909. The van der Waals surface area contributed by atoms with Gasteiger partial charge in [0.25, 0.3) is 10.0 Å². The lowest BCUT2D eigenvalue weighted by Gasteiger charge is -2.05. The molecule has 1 aliphatic heterocycles. The lowest BCUT2D eigenvalue weighted by atomic mass is 10.3. The van der Waals surface area contributed by atoms with Gasteiger partial charge in [0.15, 0.2) is 5.71 Å². The topological polar surface area (TPSA) is 93.0 Å². The van der Waals surface area contributed by atoms with E-state index in [1.54, 1.807) is 24.3 Å². The number of rotatable bonds is 4. The Bertz CT molecular complexity index is 676. The fourth-order valence-electron chi connectivity index (χ4n) is 1.34. The number of benzene rings is 1. The zero-order chi connectivity index (χ0) is 14.0. The largest absolute Gasteiger partial charge is 0.488 e. The molecule has 0 saturated carbocycles. The first-order valence-corrected chi connectivity index (χ1v) is 6.87. The summed E-state index contributed by atoms with van der Waals surface area (Å²) in [4.78, 5) is 10.5. The molecule has 1 aliphatic rings. The lowest BCUT2D eigenvalue weighted by molar-refractivity contribution is -0.129. The van der Waals surface area contributed by atoms with Crippen LogP contribution in [0, 0.1) is 0 Å². The van der Waals surface area contributed by atoms with Gasteiger partial charge in [-0.05, 0) is 30.3 Å². The Morgan fingerprint density at radius 3 is 2.47 bits per heavy atom. The van der Waals surface area contributed by atoms with Gasteiger partial charge >= 0.3 is 5.97 Å². The van der Waals surface area contributed by atoms with Crippen LogP contribution in [0.2, 0.25) is 5.02 Å². The Morgan fingerprint density at radius 1 is 1.32 bits per heavy atom. The maximum absolute atomic E-state index is 11.5. The molecule has 0 aliphatic carbocycles. The molecule has 8 heteroatoms. The van der Waals surface area contributed by atoms with E-state index < -0.39 is 21.7 Å². The molecule has 0 unspecified atom stereocenters. The van der Waals surface area contributed by atoms with E-state index in [1.165, 1.54) is 0 Å². The standard InChI is InChI=1S/C11H8ClNO5S/c12-7-1-3-8(4-2-7)18-6-9-5-10(11(14)15)13-19(9,16)17/h1-5H,6H2,(H,14,15). The monoisotopic (exact) mass is 301 g/mol. The van der Waals surface area contributed by atoms with Crippen molar-refractivity contribution in [2.75, 3.05) is 6.61 Å². The number of ether oxygens (including phenoxy) is 1. The molecular formula is C11H8ClNO5S. The first-order valence-electron chi connectivity index (χ1n) is 5.06.